The van der Waals surface area contributed by atoms with Gasteiger partial charge in [0.2, 0.25) is 0 Å². The van der Waals surface area contributed by atoms with Gasteiger partial charge in [-0.2, -0.15) is 5.26 Å². The van der Waals surface area contributed by atoms with Crippen LogP contribution in [0.15, 0.2) is 45.3 Å². The molecule has 0 aliphatic heterocycles. The highest BCUT2D eigenvalue weighted by molar-refractivity contribution is 9.10. The predicted octanol–water partition coefficient (Wildman–Crippen LogP) is 5.85. The Morgan fingerprint density at radius 3 is 2.50 bits per heavy atom. The third kappa shape index (κ3) is 3.54. The van der Waals surface area contributed by atoms with E-state index in [2.05, 4.69) is 43.2 Å². The number of halogens is 3. The summed E-state index contributed by atoms with van der Waals surface area (Å²) in [6.07, 6.45) is 0. The topological polar surface area (TPSA) is 35.8 Å². The lowest BCUT2D eigenvalue weighted by Crippen LogP contribution is -2.08. The molecular formula is C15H11Br2ClN2. The van der Waals surface area contributed by atoms with Crippen LogP contribution in [0.2, 0.25) is 5.02 Å². The van der Waals surface area contributed by atoms with Gasteiger partial charge in [-0.15, -0.1) is 0 Å². The number of rotatable bonds is 3. The van der Waals surface area contributed by atoms with Crippen LogP contribution in [-0.2, 0) is 0 Å². The quantitative estimate of drug-likeness (QED) is 0.684. The van der Waals surface area contributed by atoms with Gasteiger partial charge in [0.25, 0.3) is 0 Å². The number of nitrogens with zero attached hydrogens (tertiary/aromatic N) is 1. The number of nitriles is 1. The first kappa shape index (κ1) is 15.4. The Balaban J connectivity index is 2.26. The summed E-state index contributed by atoms with van der Waals surface area (Å²) in [5.41, 5.74) is 2.89. The van der Waals surface area contributed by atoms with Crippen LogP contribution in [0.3, 0.4) is 0 Å². The lowest BCUT2D eigenvalue weighted by atomic mass is 10.1. The van der Waals surface area contributed by atoms with Crippen molar-refractivity contribution in [1.29, 1.82) is 5.26 Å². The largest absolute Gasteiger partial charge is 0.366 e. The maximum absolute atomic E-state index is 9.36. The molecule has 0 spiro atoms. The van der Waals surface area contributed by atoms with E-state index in [1.54, 1.807) is 6.07 Å². The van der Waals surface area contributed by atoms with Crippen LogP contribution < -0.4 is 5.32 Å². The van der Waals surface area contributed by atoms with E-state index in [1.807, 2.05) is 37.3 Å². The number of hydrogen-bond donors (Lipinski definition) is 1. The molecule has 102 valence electrons. The fourth-order valence-electron chi connectivity index (χ4n) is 1.73. The van der Waals surface area contributed by atoms with Crippen molar-refractivity contribution in [1.82, 2.24) is 0 Å². The summed E-state index contributed by atoms with van der Waals surface area (Å²) in [6, 6.07) is 13.2. The summed E-state index contributed by atoms with van der Waals surface area (Å²) < 4.78 is 1.79. The molecule has 1 N–H and O–H groups in total. The maximum atomic E-state index is 9.36. The minimum absolute atomic E-state index is 0.417. The normalized spacial score (nSPS) is 11.8. The van der Waals surface area contributed by atoms with Crippen LogP contribution >= 0.6 is 43.5 Å². The first-order valence-electron chi connectivity index (χ1n) is 5.88. The van der Waals surface area contributed by atoms with E-state index in [4.69, 9.17) is 11.6 Å². The van der Waals surface area contributed by atoms with Gasteiger partial charge in [-0.3, -0.25) is 0 Å². The van der Waals surface area contributed by atoms with Gasteiger partial charge in [-0.1, -0.05) is 39.7 Å². The molecule has 0 saturated heterocycles. The molecule has 0 amide bonds. The molecule has 0 bridgehead atoms. The van der Waals surface area contributed by atoms with E-state index in [0.29, 0.717) is 5.02 Å². The van der Waals surface area contributed by atoms with E-state index in [0.717, 1.165) is 25.8 Å². The SMILES string of the molecule is Cc1ccc(C(C#N)Nc2ccc(Cl)c(Br)c2)cc1Br. The van der Waals surface area contributed by atoms with Crippen LogP contribution in [0.5, 0.6) is 0 Å². The monoisotopic (exact) mass is 412 g/mol. The molecule has 1 unspecified atom stereocenters. The van der Waals surface area contributed by atoms with Crippen molar-refractivity contribution in [2.75, 3.05) is 5.32 Å². The van der Waals surface area contributed by atoms with E-state index in [1.165, 1.54) is 0 Å². The molecule has 0 aromatic heterocycles. The second-order valence-corrected chi connectivity index (χ2v) is 6.46. The van der Waals surface area contributed by atoms with Gasteiger partial charge in [-0.05, 0) is 58.2 Å². The lowest BCUT2D eigenvalue weighted by molar-refractivity contribution is 0.994. The summed E-state index contributed by atoms with van der Waals surface area (Å²) in [7, 11) is 0. The third-order valence-electron chi connectivity index (χ3n) is 2.89. The van der Waals surface area contributed by atoms with Gasteiger partial charge in [0.05, 0.1) is 11.1 Å². The number of benzene rings is 2. The molecular weight excluding hydrogens is 403 g/mol. The molecule has 2 rings (SSSR count). The van der Waals surface area contributed by atoms with Crippen LogP contribution in [-0.4, -0.2) is 0 Å². The summed E-state index contributed by atoms with van der Waals surface area (Å²) in [5, 5.41) is 13.2. The van der Waals surface area contributed by atoms with E-state index in [-0.39, 0.29) is 0 Å². The highest BCUT2D eigenvalue weighted by Gasteiger charge is 2.12. The third-order valence-corrected chi connectivity index (χ3v) is 4.96. The predicted molar refractivity (Wildman–Crippen MR) is 90.0 cm³/mol. The molecule has 2 aromatic carbocycles. The van der Waals surface area contributed by atoms with Crippen molar-refractivity contribution in [2.45, 2.75) is 13.0 Å². The molecule has 0 aliphatic rings. The van der Waals surface area contributed by atoms with E-state index < -0.39 is 6.04 Å². The second-order valence-electron chi connectivity index (χ2n) is 4.34. The number of hydrogen-bond acceptors (Lipinski definition) is 2. The first-order valence-corrected chi connectivity index (χ1v) is 7.85. The van der Waals surface area contributed by atoms with Crippen molar-refractivity contribution in [3.63, 3.8) is 0 Å². The molecule has 1 atom stereocenters. The number of aryl methyl sites for hydroxylation is 1. The molecule has 0 saturated carbocycles. The maximum Gasteiger partial charge on any atom is 0.140 e. The van der Waals surface area contributed by atoms with Crippen molar-refractivity contribution in [2.24, 2.45) is 0 Å². The van der Waals surface area contributed by atoms with Crippen LogP contribution in [0.4, 0.5) is 5.69 Å². The summed E-state index contributed by atoms with van der Waals surface area (Å²) >= 11 is 12.8. The van der Waals surface area contributed by atoms with Gasteiger partial charge in [0.15, 0.2) is 0 Å². The van der Waals surface area contributed by atoms with Gasteiger partial charge < -0.3 is 5.32 Å². The van der Waals surface area contributed by atoms with Crippen molar-refractivity contribution >= 4 is 49.1 Å². The molecule has 0 aliphatic carbocycles. The average Bonchev–Trinajstić information content (AvgIpc) is 2.43. The number of anilines is 1. The highest BCUT2D eigenvalue weighted by atomic mass is 79.9. The molecule has 20 heavy (non-hydrogen) atoms. The number of nitrogens with one attached hydrogen (secondary N) is 1. The summed E-state index contributed by atoms with van der Waals surface area (Å²) in [5.74, 6) is 0. The Bertz CT molecular complexity index is 680. The van der Waals surface area contributed by atoms with Gasteiger partial charge in [0, 0.05) is 14.6 Å². The van der Waals surface area contributed by atoms with Crippen molar-refractivity contribution < 1.29 is 0 Å². The molecule has 0 heterocycles. The smallest absolute Gasteiger partial charge is 0.140 e. The fraction of sp³-hybridized carbons (Fsp3) is 0.133. The lowest BCUT2D eigenvalue weighted by Gasteiger charge is -2.15. The second kappa shape index (κ2) is 6.62. The molecule has 5 heteroatoms. The Kier molecular flexibility index (Phi) is 5.09. The van der Waals surface area contributed by atoms with Gasteiger partial charge >= 0.3 is 0 Å². The molecule has 2 aromatic rings. The minimum Gasteiger partial charge on any atom is -0.366 e. The Morgan fingerprint density at radius 1 is 1.15 bits per heavy atom. The Morgan fingerprint density at radius 2 is 1.90 bits per heavy atom. The van der Waals surface area contributed by atoms with E-state index >= 15 is 0 Å². The first-order chi connectivity index (χ1) is 9.51. The molecule has 0 radical (unpaired) electrons. The summed E-state index contributed by atoms with van der Waals surface area (Å²) in [6.45, 7) is 2.01. The zero-order chi connectivity index (χ0) is 14.7. The van der Waals surface area contributed by atoms with Crippen LogP contribution in [0, 0.1) is 18.3 Å². The summed E-state index contributed by atoms with van der Waals surface area (Å²) in [4.78, 5) is 0. The Labute approximate surface area is 140 Å². The Hall–Kier alpha value is -1.02. The standard InChI is InChI=1S/C15H11Br2ClN2/c1-9-2-3-10(6-12(9)16)15(8-19)20-11-4-5-14(18)13(17)7-11/h2-7,15,20H,1H3. The van der Waals surface area contributed by atoms with Gasteiger partial charge in [0.1, 0.15) is 6.04 Å². The molecule has 2 nitrogen and oxygen atoms in total. The van der Waals surface area contributed by atoms with Crippen LogP contribution in [0.25, 0.3) is 0 Å². The zero-order valence-electron chi connectivity index (χ0n) is 10.6. The average molecular weight is 415 g/mol. The molecule has 0 fully saturated rings. The van der Waals surface area contributed by atoms with Crippen LogP contribution in [0.1, 0.15) is 17.2 Å². The fourth-order valence-corrected chi connectivity index (χ4v) is 2.62. The highest BCUT2D eigenvalue weighted by Crippen LogP contribution is 2.29. The van der Waals surface area contributed by atoms with Crippen molar-refractivity contribution in [3.8, 4) is 6.07 Å². The zero-order valence-corrected chi connectivity index (χ0v) is 14.6. The van der Waals surface area contributed by atoms with Gasteiger partial charge in [-0.25, -0.2) is 0 Å². The minimum atomic E-state index is -0.417. The van der Waals surface area contributed by atoms with Crippen molar-refractivity contribution in [3.05, 3.63) is 61.5 Å². The van der Waals surface area contributed by atoms with E-state index in [9.17, 15) is 5.26 Å².